The quantitative estimate of drug-likeness (QED) is 0.811. The lowest BCUT2D eigenvalue weighted by Gasteiger charge is -2.27. The summed E-state index contributed by atoms with van der Waals surface area (Å²) in [4.78, 5) is 34.3. The highest BCUT2D eigenvalue weighted by atomic mass is 16.5. The van der Waals surface area contributed by atoms with E-state index < -0.39 is 0 Å². The first-order chi connectivity index (χ1) is 10.3. The lowest BCUT2D eigenvalue weighted by Crippen LogP contribution is -2.41. The molecule has 1 N–H and O–H groups in total. The van der Waals surface area contributed by atoms with Gasteiger partial charge in [0.15, 0.2) is 0 Å². The Bertz CT molecular complexity index is 594. The van der Waals surface area contributed by atoms with Gasteiger partial charge in [-0.05, 0) is 0 Å². The third-order valence-corrected chi connectivity index (χ3v) is 3.51. The number of allylic oxidation sites excluding steroid dienone is 2. The second kappa shape index (κ2) is 6.11. The highest BCUT2D eigenvalue weighted by Gasteiger charge is 2.27. The SMILES string of the molecule is O=C1C=C(NCCN2CCOCC2)C(=O)c2nccnc21. The van der Waals surface area contributed by atoms with Crippen LogP contribution in [0.2, 0.25) is 0 Å². The van der Waals surface area contributed by atoms with Crippen LogP contribution in [0.5, 0.6) is 0 Å². The molecule has 7 heteroatoms. The van der Waals surface area contributed by atoms with Crippen molar-refractivity contribution in [3.05, 3.63) is 35.6 Å². The smallest absolute Gasteiger partial charge is 0.229 e. The van der Waals surface area contributed by atoms with Crippen molar-refractivity contribution in [3.63, 3.8) is 0 Å². The van der Waals surface area contributed by atoms with Gasteiger partial charge in [-0.25, -0.2) is 9.97 Å². The van der Waals surface area contributed by atoms with E-state index >= 15 is 0 Å². The second-order valence-electron chi connectivity index (χ2n) is 4.89. The molecule has 1 aliphatic carbocycles. The number of fused-ring (bicyclic) bond motifs is 1. The van der Waals surface area contributed by atoms with E-state index in [0.717, 1.165) is 32.8 Å². The Balaban J connectivity index is 1.61. The summed E-state index contributed by atoms with van der Waals surface area (Å²) in [7, 11) is 0. The van der Waals surface area contributed by atoms with Crippen molar-refractivity contribution in [2.45, 2.75) is 0 Å². The molecule has 2 heterocycles. The second-order valence-corrected chi connectivity index (χ2v) is 4.89. The van der Waals surface area contributed by atoms with E-state index in [1.807, 2.05) is 0 Å². The van der Waals surface area contributed by atoms with E-state index in [1.165, 1.54) is 18.5 Å². The molecule has 0 spiro atoms. The van der Waals surface area contributed by atoms with Crippen LogP contribution in [0.1, 0.15) is 21.0 Å². The molecular formula is C14H16N4O3. The van der Waals surface area contributed by atoms with Gasteiger partial charge in [0.25, 0.3) is 0 Å². The third kappa shape index (κ3) is 2.98. The van der Waals surface area contributed by atoms with Crippen LogP contribution >= 0.6 is 0 Å². The molecule has 110 valence electrons. The maximum Gasteiger partial charge on any atom is 0.229 e. The predicted molar refractivity (Wildman–Crippen MR) is 74.0 cm³/mol. The maximum atomic E-state index is 12.2. The van der Waals surface area contributed by atoms with Crippen LogP contribution in [-0.4, -0.2) is 65.8 Å². The molecule has 0 atom stereocenters. The van der Waals surface area contributed by atoms with E-state index in [4.69, 9.17) is 4.74 Å². The average Bonchev–Trinajstić information content (AvgIpc) is 2.53. The van der Waals surface area contributed by atoms with E-state index in [1.54, 1.807) is 0 Å². The summed E-state index contributed by atoms with van der Waals surface area (Å²) in [6.07, 6.45) is 4.13. The minimum absolute atomic E-state index is 0.124. The van der Waals surface area contributed by atoms with Crippen LogP contribution in [0.4, 0.5) is 0 Å². The molecule has 1 aromatic rings. The topological polar surface area (TPSA) is 84.4 Å². The van der Waals surface area contributed by atoms with Gasteiger partial charge in [-0.15, -0.1) is 0 Å². The fourth-order valence-electron chi connectivity index (χ4n) is 2.38. The highest BCUT2D eigenvalue weighted by molar-refractivity contribution is 6.22. The molecule has 0 unspecified atom stereocenters. The first-order valence-corrected chi connectivity index (χ1v) is 6.91. The highest BCUT2D eigenvalue weighted by Crippen LogP contribution is 2.15. The molecule has 3 rings (SSSR count). The van der Waals surface area contributed by atoms with Crippen molar-refractivity contribution in [3.8, 4) is 0 Å². The van der Waals surface area contributed by atoms with Gasteiger partial charge in [0.1, 0.15) is 11.4 Å². The van der Waals surface area contributed by atoms with Crippen LogP contribution in [0.25, 0.3) is 0 Å². The van der Waals surface area contributed by atoms with Gasteiger partial charge in [-0.2, -0.15) is 0 Å². The summed E-state index contributed by atoms with van der Waals surface area (Å²) in [5.41, 5.74) is 0.543. The van der Waals surface area contributed by atoms with Crippen LogP contribution in [0, 0.1) is 0 Å². The van der Waals surface area contributed by atoms with Gasteiger partial charge in [0, 0.05) is 44.6 Å². The molecule has 0 amide bonds. The largest absolute Gasteiger partial charge is 0.380 e. The Labute approximate surface area is 122 Å². The minimum Gasteiger partial charge on any atom is -0.380 e. The Kier molecular flexibility index (Phi) is 4.03. The number of aromatic nitrogens is 2. The molecular weight excluding hydrogens is 272 g/mol. The van der Waals surface area contributed by atoms with Crippen molar-refractivity contribution >= 4 is 11.6 Å². The lowest BCUT2D eigenvalue weighted by atomic mass is 10.0. The van der Waals surface area contributed by atoms with Crippen LogP contribution in [-0.2, 0) is 4.74 Å². The molecule has 0 radical (unpaired) electrons. The van der Waals surface area contributed by atoms with E-state index in [9.17, 15) is 9.59 Å². The van der Waals surface area contributed by atoms with Gasteiger partial charge in [0.2, 0.25) is 11.6 Å². The number of hydrogen-bond acceptors (Lipinski definition) is 7. The molecule has 1 aliphatic heterocycles. The van der Waals surface area contributed by atoms with Crippen LogP contribution in [0.3, 0.4) is 0 Å². The lowest BCUT2D eigenvalue weighted by molar-refractivity contribution is 0.0386. The van der Waals surface area contributed by atoms with Crippen molar-refractivity contribution < 1.29 is 14.3 Å². The fraction of sp³-hybridized carbons (Fsp3) is 0.429. The third-order valence-electron chi connectivity index (χ3n) is 3.51. The zero-order valence-corrected chi connectivity index (χ0v) is 11.5. The summed E-state index contributed by atoms with van der Waals surface area (Å²) < 4.78 is 5.28. The van der Waals surface area contributed by atoms with E-state index in [-0.39, 0.29) is 23.0 Å². The number of ether oxygens (including phenoxy) is 1. The molecule has 0 bridgehead atoms. The zero-order valence-electron chi connectivity index (χ0n) is 11.5. The summed E-state index contributed by atoms with van der Waals surface area (Å²) in [6, 6.07) is 0. The number of ketones is 2. The molecule has 0 saturated carbocycles. The van der Waals surface area contributed by atoms with Crippen LogP contribution in [0.15, 0.2) is 24.2 Å². The summed E-state index contributed by atoms with van der Waals surface area (Å²) in [6.45, 7) is 4.66. The average molecular weight is 288 g/mol. The Morgan fingerprint density at radius 3 is 2.62 bits per heavy atom. The molecule has 0 aromatic carbocycles. The van der Waals surface area contributed by atoms with Gasteiger partial charge < -0.3 is 10.1 Å². The van der Waals surface area contributed by atoms with Gasteiger partial charge >= 0.3 is 0 Å². The first kappa shape index (κ1) is 13.8. The Morgan fingerprint density at radius 1 is 1.14 bits per heavy atom. The number of carbonyl (C=O) groups is 2. The van der Waals surface area contributed by atoms with E-state index in [0.29, 0.717) is 12.2 Å². The van der Waals surface area contributed by atoms with E-state index in [2.05, 4.69) is 20.2 Å². The molecule has 21 heavy (non-hydrogen) atoms. The molecule has 1 aromatic heterocycles. The summed E-state index contributed by atoms with van der Waals surface area (Å²) in [5.74, 6) is -0.564. The number of hydrogen-bond donors (Lipinski definition) is 1. The number of carbonyl (C=O) groups excluding carboxylic acids is 2. The molecule has 7 nitrogen and oxygen atoms in total. The zero-order chi connectivity index (χ0) is 14.7. The number of rotatable bonds is 4. The number of morpholine rings is 1. The van der Waals surface area contributed by atoms with Gasteiger partial charge in [-0.3, -0.25) is 14.5 Å². The van der Waals surface area contributed by atoms with Crippen molar-refractivity contribution in [1.29, 1.82) is 0 Å². The number of Topliss-reactive ketones (excluding diaryl/α,β-unsaturated/α-hetero) is 1. The van der Waals surface area contributed by atoms with Crippen molar-refractivity contribution in [2.24, 2.45) is 0 Å². The van der Waals surface area contributed by atoms with Crippen molar-refractivity contribution in [1.82, 2.24) is 20.2 Å². The fourth-order valence-corrected chi connectivity index (χ4v) is 2.38. The van der Waals surface area contributed by atoms with Crippen LogP contribution < -0.4 is 5.32 Å². The molecule has 1 fully saturated rings. The first-order valence-electron chi connectivity index (χ1n) is 6.91. The molecule has 2 aliphatic rings. The Hall–Kier alpha value is -2.12. The van der Waals surface area contributed by atoms with Gasteiger partial charge in [-0.1, -0.05) is 0 Å². The standard InChI is InChI=1S/C14H16N4O3/c19-11-9-10(14(20)13-12(11)16-1-2-17-13)15-3-4-18-5-7-21-8-6-18/h1-2,9,15H,3-8H2. The number of nitrogens with zero attached hydrogens (tertiary/aromatic N) is 3. The number of nitrogens with one attached hydrogen (secondary N) is 1. The summed E-state index contributed by atoms with van der Waals surface area (Å²) >= 11 is 0. The maximum absolute atomic E-state index is 12.2. The Morgan fingerprint density at radius 2 is 1.86 bits per heavy atom. The molecule has 1 saturated heterocycles. The summed E-state index contributed by atoms with van der Waals surface area (Å²) in [5, 5.41) is 3.03. The normalized spacial score (nSPS) is 19.1. The minimum atomic E-state index is -0.286. The predicted octanol–water partition coefficient (Wildman–Crippen LogP) is -0.339. The van der Waals surface area contributed by atoms with Crippen molar-refractivity contribution in [2.75, 3.05) is 39.4 Å². The van der Waals surface area contributed by atoms with Gasteiger partial charge in [0.05, 0.1) is 18.9 Å². The monoisotopic (exact) mass is 288 g/mol.